The molecule has 0 bridgehead atoms. The second-order valence-corrected chi connectivity index (χ2v) is 7.46. The fourth-order valence-corrected chi connectivity index (χ4v) is 3.83. The van der Waals surface area contributed by atoms with Crippen molar-refractivity contribution in [3.63, 3.8) is 0 Å². The maximum atomic E-state index is 12.2. The first-order chi connectivity index (χ1) is 12.5. The first-order valence-corrected chi connectivity index (χ1v) is 9.77. The Balaban J connectivity index is 1.57. The quantitative estimate of drug-likeness (QED) is 0.458. The summed E-state index contributed by atoms with van der Waals surface area (Å²) in [5.41, 5.74) is 1.16. The molecule has 1 aromatic carbocycles. The van der Waals surface area contributed by atoms with Gasteiger partial charge < -0.3 is 11.2 Å². The molecule has 0 atom stereocenters. The number of ketones is 1. The third-order valence-corrected chi connectivity index (χ3v) is 5.49. The van der Waals surface area contributed by atoms with Crippen LogP contribution in [-0.4, -0.2) is 32.3 Å². The number of thioether (sulfide) groups is 1. The zero-order valence-corrected chi connectivity index (χ0v) is 15.6. The van der Waals surface area contributed by atoms with E-state index < -0.39 is 0 Å². The van der Waals surface area contributed by atoms with Gasteiger partial charge in [0.15, 0.2) is 11.6 Å². The SMILES string of the molecule is CC(=O)c1cccc(NC(=O)CSc2nnc(C3CCCCC3)n2N)c1. The number of nitrogens with two attached hydrogens (primary N) is 1. The van der Waals surface area contributed by atoms with Crippen LogP contribution in [0.2, 0.25) is 0 Å². The van der Waals surface area contributed by atoms with Gasteiger partial charge in [-0.3, -0.25) is 9.59 Å². The number of rotatable bonds is 6. The average Bonchev–Trinajstić information content (AvgIpc) is 3.01. The van der Waals surface area contributed by atoms with Crippen molar-refractivity contribution in [2.24, 2.45) is 0 Å². The van der Waals surface area contributed by atoms with Gasteiger partial charge in [-0.2, -0.15) is 0 Å². The van der Waals surface area contributed by atoms with Crippen LogP contribution in [0.1, 0.15) is 61.1 Å². The molecule has 0 spiro atoms. The average molecular weight is 373 g/mol. The zero-order valence-electron chi connectivity index (χ0n) is 14.8. The maximum absolute atomic E-state index is 12.2. The van der Waals surface area contributed by atoms with Crippen molar-refractivity contribution in [2.45, 2.75) is 50.1 Å². The molecule has 1 aliphatic carbocycles. The number of nitrogen functional groups attached to an aromatic ring is 1. The number of Topliss-reactive ketones (excluding diaryl/α,β-unsaturated/α-hetero) is 1. The standard InChI is InChI=1S/C18H23N5O2S/c1-12(24)14-8-5-9-15(10-14)20-16(25)11-26-18-22-21-17(23(18)19)13-6-3-2-4-7-13/h5,8-10,13H,2-4,6-7,11,19H2,1H3,(H,20,25). The highest BCUT2D eigenvalue weighted by atomic mass is 32.2. The van der Waals surface area contributed by atoms with Crippen LogP contribution in [0.15, 0.2) is 29.4 Å². The molecular weight excluding hydrogens is 350 g/mol. The van der Waals surface area contributed by atoms with Gasteiger partial charge in [-0.05, 0) is 31.9 Å². The number of aromatic nitrogens is 3. The van der Waals surface area contributed by atoms with E-state index in [1.807, 2.05) is 0 Å². The lowest BCUT2D eigenvalue weighted by Crippen LogP contribution is -2.19. The van der Waals surface area contributed by atoms with E-state index in [4.69, 9.17) is 5.84 Å². The summed E-state index contributed by atoms with van der Waals surface area (Å²) in [6.07, 6.45) is 5.84. The summed E-state index contributed by atoms with van der Waals surface area (Å²) in [4.78, 5) is 23.6. The third kappa shape index (κ3) is 4.43. The molecular formula is C18H23N5O2S. The van der Waals surface area contributed by atoms with E-state index in [-0.39, 0.29) is 17.4 Å². The van der Waals surface area contributed by atoms with Gasteiger partial charge in [-0.15, -0.1) is 10.2 Å². The second kappa shape index (κ2) is 8.35. The van der Waals surface area contributed by atoms with Gasteiger partial charge in [0.25, 0.3) is 0 Å². The summed E-state index contributed by atoms with van der Waals surface area (Å²) in [6, 6.07) is 6.88. The molecule has 26 heavy (non-hydrogen) atoms. The monoisotopic (exact) mass is 373 g/mol. The Morgan fingerprint density at radius 2 is 2.04 bits per heavy atom. The molecule has 0 radical (unpaired) electrons. The van der Waals surface area contributed by atoms with E-state index in [0.717, 1.165) is 18.7 Å². The van der Waals surface area contributed by atoms with E-state index in [0.29, 0.717) is 22.3 Å². The lowest BCUT2D eigenvalue weighted by atomic mass is 9.89. The summed E-state index contributed by atoms with van der Waals surface area (Å²) in [5.74, 6) is 7.24. The number of nitrogens with zero attached hydrogens (tertiary/aromatic N) is 3. The number of hydrogen-bond acceptors (Lipinski definition) is 6. The fourth-order valence-electron chi connectivity index (χ4n) is 3.17. The number of nitrogens with one attached hydrogen (secondary N) is 1. The largest absolute Gasteiger partial charge is 0.336 e. The molecule has 7 nitrogen and oxygen atoms in total. The number of benzene rings is 1. The van der Waals surface area contributed by atoms with Crippen LogP contribution in [0.25, 0.3) is 0 Å². The van der Waals surface area contributed by atoms with Gasteiger partial charge in [-0.25, -0.2) is 4.68 Å². The minimum atomic E-state index is -0.182. The number of amides is 1. The Labute approximate surface area is 156 Å². The van der Waals surface area contributed by atoms with Crippen molar-refractivity contribution in [1.82, 2.24) is 14.9 Å². The van der Waals surface area contributed by atoms with Gasteiger partial charge in [0, 0.05) is 17.2 Å². The number of carbonyl (C=O) groups excluding carboxylic acids is 2. The molecule has 1 saturated carbocycles. The van der Waals surface area contributed by atoms with Crippen molar-refractivity contribution < 1.29 is 9.59 Å². The van der Waals surface area contributed by atoms with Gasteiger partial charge in [0.05, 0.1) is 5.75 Å². The molecule has 3 N–H and O–H groups in total. The van der Waals surface area contributed by atoms with Crippen LogP contribution < -0.4 is 11.2 Å². The van der Waals surface area contributed by atoms with E-state index in [9.17, 15) is 9.59 Å². The Morgan fingerprint density at radius 1 is 1.27 bits per heavy atom. The minimum Gasteiger partial charge on any atom is -0.336 e. The normalized spacial score (nSPS) is 15.0. The lowest BCUT2D eigenvalue weighted by Gasteiger charge is -2.20. The van der Waals surface area contributed by atoms with E-state index in [1.54, 1.807) is 24.3 Å². The van der Waals surface area contributed by atoms with Crippen LogP contribution in [0.4, 0.5) is 5.69 Å². The molecule has 2 aromatic rings. The Kier molecular flexibility index (Phi) is 5.92. The smallest absolute Gasteiger partial charge is 0.234 e. The molecule has 1 heterocycles. The fraction of sp³-hybridized carbons (Fsp3) is 0.444. The predicted octanol–water partition coefficient (Wildman–Crippen LogP) is 2.97. The highest BCUT2D eigenvalue weighted by Gasteiger charge is 2.22. The van der Waals surface area contributed by atoms with Crippen molar-refractivity contribution >= 4 is 29.1 Å². The predicted molar refractivity (Wildman–Crippen MR) is 102 cm³/mol. The molecule has 0 unspecified atom stereocenters. The minimum absolute atomic E-state index is 0.0399. The summed E-state index contributed by atoms with van der Waals surface area (Å²) >= 11 is 1.26. The van der Waals surface area contributed by atoms with Gasteiger partial charge >= 0.3 is 0 Å². The molecule has 0 saturated heterocycles. The van der Waals surface area contributed by atoms with Crippen LogP contribution in [-0.2, 0) is 4.79 Å². The van der Waals surface area contributed by atoms with Crippen molar-refractivity contribution in [1.29, 1.82) is 0 Å². The first kappa shape index (κ1) is 18.4. The van der Waals surface area contributed by atoms with Crippen LogP contribution in [0, 0.1) is 0 Å². The molecule has 1 aromatic heterocycles. The van der Waals surface area contributed by atoms with Crippen molar-refractivity contribution in [3.8, 4) is 0 Å². The van der Waals surface area contributed by atoms with Crippen LogP contribution in [0.3, 0.4) is 0 Å². The zero-order chi connectivity index (χ0) is 18.5. The highest BCUT2D eigenvalue weighted by Crippen LogP contribution is 2.32. The third-order valence-electron chi connectivity index (χ3n) is 4.55. The molecule has 0 aliphatic heterocycles. The van der Waals surface area contributed by atoms with Crippen LogP contribution in [0.5, 0.6) is 0 Å². The molecule has 8 heteroatoms. The first-order valence-electron chi connectivity index (χ1n) is 8.78. The van der Waals surface area contributed by atoms with Gasteiger partial charge in [0.1, 0.15) is 0 Å². The number of hydrogen-bond donors (Lipinski definition) is 2. The molecule has 1 amide bonds. The van der Waals surface area contributed by atoms with Crippen LogP contribution >= 0.6 is 11.8 Å². The molecule has 1 fully saturated rings. The van der Waals surface area contributed by atoms with Crippen molar-refractivity contribution in [3.05, 3.63) is 35.7 Å². The molecule has 3 rings (SSSR count). The Bertz CT molecular complexity index is 799. The van der Waals surface area contributed by atoms with E-state index in [2.05, 4.69) is 15.5 Å². The van der Waals surface area contributed by atoms with E-state index >= 15 is 0 Å². The molecule has 138 valence electrons. The topological polar surface area (TPSA) is 103 Å². The number of anilines is 1. The second-order valence-electron chi connectivity index (χ2n) is 6.52. The highest BCUT2D eigenvalue weighted by molar-refractivity contribution is 7.99. The summed E-state index contributed by atoms with van der Waals surface area (Å²) in [5, 5.41) is 11.7. The molecule has 1 aliphatic rings. The van der Waals surface area contributed by atoms with Crippen molar-refractivity contribution in [2.75, 3.05) is 16.9 Å². The van der Waals surface area contributed by atoms with E-state index in [1.165, 1.54) is 42.6 Å². The summed E-state index contributed by atoms with van der Waals surface area (Å²) in [6.45, 7) is 1.49. The Hall–Kier alpha value is -2.35. The van der Waals surface area contributed by atoms with Gasteiger partial charge in [-0.1, -0.05) is 43.2 Å². The van der Waals surface area contributed by atoms with Gasteiger partial charge in [0.2, 0.25) is 11.1 Å². The summed E-state index contributed by atoms with van der Waals surface area (Å²) in [7, 11) is 0. The summed E-state index contributed by atoms with van der Waals surface area (Å²) < 4.78 is 1.52. The maximum Gasteiger partial charge on any atom is 0.234 e. The lowest BCUT2D eigenvalue weighted by molar-refractivity contribution is -0.113. The Morgan fingerprint density at radius 3 is 2.77 bits per heavy atom. The number of carbonyl (C=O) groups is 2.